The van der Waals surface area contributed by atoms with Gasteiger partial charge >= 0.3 is 6.03 Å². The Morgan fingerprint density at radius 3 is 2.62 bits per heavy atom. The number of benzene rings is 1. The highest BCUT2D eigenvalue weighted by molar-refractivity contribution is 7.23. The summed E-state index contributed by atoms with van der Waals surface area (Å²) in [7, 11) is 1.58. The Labute approximate surface area is 220 Å². The number of methoxy groups -OCH3 is 1. The molecule has 3 saturated heterocycles. The summed E-state index contributed by atoms with van der Waals surface area (Å²) in [5.74, 6) is 1.29. The number of rotatable bonds is 5. The molecular formula is C27H32N4O5S. The summed E-state index contributed by atoms with van der Waals surface area (Å²) < 4.78 is 23.5. The van der Waals surface area contributed by atoms with Gasteiger partial charge in [0, 0.05) is 50.9 Å². The number of hydrogen-bond acceptors (Lipinski definition) is 8. The summed E-state index contributed by atoms with van der Waals surface area (Å²) in [6.45, 7) is 4.59. The van der Waals surface area contributed by atoms with Gasteiger partial charge in [-0.15, -0.1) is 0 Å². The van der Waals surface area contributed by atoms with Crippen molar-refractivity contribution in [1.82, 2.24) is 14.9 Å². The van der Waals surface area contributed by atoms with E-state index in [2.05, 4.69) is 10.3 Å². The van der Waals surface area contributed by atoms with Gasteiger partial charge in [0.25, 0.3) is 0 Å². The predicted octanol–water partition coefficient (Wildman–Crippen LogP) is 4.96. The standard InChI is InChI=1S/C27H32N4O5S/c1-33-24-22-23(21(16-28-24)18-2-4-19(5-3-18)36-20-6-12-34-13-7-20)37-25(29-22)30-26(32)31-11-8-27(17-31)9-14-35-15-10-27/h2-5,16,20H,6-15,17H2,1H3,(H,29,30,32). The molecule has 3 aliphatic heterocycles. The van der Waals surface area contributed by atoms with Crippen molar-refractivity contribution in [3.8, 4) is 22.8 Å². The molecular weight excluding hydrogens is 492 g/mol. The van der Waals surface area contributed by atoms with Gasteiger partial charge in [0.1, 0.15) is 17.4 Å². The molecule has 1 spiro atoms. The summed E-state index contributed by atoms with van der Waals surface area (Å²) >= 11 is 1.44. The molecule has 196 valence electrons. The van der Waals surface area contributed by atoms with E-state index in [0.29, 0.717) is 16.5 Å². The normalized spacial score (nSPS) is 19.9. The lowest BCUT2D eigenvalue weighted by Crippen LogP contribution is -2.37. The Hall–Kier alpha value is -2.95. The number of amides is 2. The van der Waals surface area contributed by atoms with E-state index in [9.17, 15) is 4.79 Å². The van der Waals surface area contributed by atoms with Gasteiger partial charge in [0.15, 0.2) is 5.13 Å². The highest BCUT2D eigenvalue weighted by Gasteiger charge is 2.41. The summed E-state index contributed by atoms with van der Waals surface area (Å²) in [6, 6.07) is 7.94. The first kappa shape index (κ1) is 24.4. The van der Waals surface area contributed by atoms with Gasteiger partial charge in [0.05, 0.1) is 25.0 Å². The van der Waals surface area contributed by atoms with Gasteiger partial charge in [-0.25, -0.2) is 14.8 Å². The number of nitrogens with zero attached hydrogens (tertiary/aromatic N) is 3. The lowest BCUT2D eigenvalue weighted by molar-refractivity contribution is 0.0211. The third-order valence-electron chi connectivity index (χ3n) is 7.71. The van der Waals surface area contributed by atoms with Crippen molar-refractivity contribution in [3.63, 3.8) is 0 Å². The lowest BCUT2D eigenvalue weighted by atomic mass is 9.80. The van der Waals surface area contributed by atoms with Crippen LogP contribution in [0.25, 0.3) is 21.3 Å². The van der Waals surface area contributed by atoms with Crippen LogP contribution in [-0.2, 0) is 9.47 Å². The van der Waals surface area contributed by atoms with Crippen LogP contribution in [0.5, 0.6) is 11.6 Å². The van der Waals surface area contributed by atoms with Crippen LogP contribution in [0, 0.1) is 5.41 Å². The Morgan fingerprint density at radius 1 is 1.11 bits per heavy atom. The number of likely N-dealkylation sites (tertiary alicyclic amines) is 1. The van der Waals surface area contributed by atoms with Gasteiger partial charge in [-0.05, 0) is 42.4 Å². The fraction of sp³-hybridized carbons (Fsp3) is 0.519. The number of aromatic nitrogens is 2. The molecule has 3 fully saturated rings. The van der Waals surface area contributed by atoms with Gasteiger partial charge < -0.3 is 23.8 Å². The van der Waals surface area contributed by atoms with Crippen molar-refractivity contribution in [2.75, 3.05) is 51.9 Å². The van der Waals surface area contributed by atoms with Crippen molar-refractivity contribution in [3.05, 3.63) is 30.5 Å². The number of urea groups is 1. The molecule has 1 aromatic carbocycles. The van der Waals surface area contributed by atoms with Crippen molar-refractivity contribution in [1.29, 1.82) is 0 Å². The SMILES string of the molecule is COc1ncc(-c2ccc(OC3CCOCC3)cc2)c2sc(NC(=O)N3CCC4(CCOCC4)C3)nc12. The number of carbonyl (C=O) groups is 1. The molecule has 0 bridgehead atoms. The molecule has 0 saturated carbocycles. The smallest absolute Gasteiger partial charge is 0.323 e. The lowest BCUT2D eigenvalue weighted by Gasteiger charge is -2.33. The zero-order valence-corrected chi connectivity index (χ0v) is 21.8. The van der Waals surface area contributed by atoms with Crippen LogP contribution in [0.4, 0.5) is 9.93 Å². The number of thiazole rings is 1. The van der Waals surface area contributed by atoms with Gasteiger partial charge in [0.2, 0.25) is 5.88 Å². The van der Waals surface area contributed by atoms with Crippen LogP contribution in [0.15, 0.2) is 30.5 Å². The van der Waals surface area contributed by atoms with Crippen LogP contribution < -0.4 is 14.8 Å². The van der Waals surface area contributed by atoms with E-state index in [0.717, 1.165) is 93.2 Å². The zero-order valence-electron chi connectivity index (χ0n) is 21.0. The maximum Gasteiger partial charge on any atom is 0.323 e. The Bertz CT molecular complexity index is 1250. The second-order valence-corrected chi connectivity index (χ2v) is 11.0. The first-order valence-electron chi connectivity index (χ1n) is 12.9. The molecule has 1 N–H and O–H groups in total. The van der Waals surface area contributed by atoms with Crippen LogP contribution in [0.1, 0.15) is 32.1 Å². The zero-order chi connectivity index (χ0) is 25.2. The number of pyridine rings is 1. The topological polar surface area (TPSA) is 95.0 Å². The number of nitrogens with one attached hydrogen (secondary N) is 1. The van der Waals surface area contributed by atoms with Gasteiger partial charge in [-0.2, -0.15) is 0 Å². The summed E-state index contributed by atoms with van der Waals surface area (Å²) in [5.41, 5.74) is 2.78. The first-order valence-corrected chi connectivity index (χ1v) is 13.8. The van der Waals surface area contributed by atoms with E-state index < -0.39 is 0 Å². The van der Waals surface area contributed by atoms with Crippen LogP contribution in [0.2, 0.25) is 0 Å². The van der Waals surface area contributed by atoms with Gasteiger partial charge in [-0.1, -0.05) is 23.5 Å². The maximum atomic E-state index is 13.1. The number of anilines is 1. The third kappa shape index (κ3) is 5.10. The van der Waals surface area contributed by atoms with Crippen molar-refractivity contribution in [2.24, 2.45) is 5.41 Å². The Morgan fingerprint density at radius 2 is 1.86 bits per heavy atom. The Balaban J connectivity index is 1.20. The number of hydrogen-bond donors (Lipinski definition) is 1. The molecule has 0 unspecified atom stereocenters. The molecule has 0 radical (unpaired) electrons. The molecule has 5 heterocycles. The van der Waals surface area contributed by atoms with E-state index in [-0.39, 0.29) is 17.6 Å². The minimum atomic E-state index is -0.106. The second-order valence-electron chi connectivity index (χ2n) is 10.0. The summed E-state index contributed by atoms with van der Waals surface area (Å²) in [6.07, 6.45) is 6.87. The average molecular weight is 525 g/mol. The first-order chi connectivity index (χ1) is 18.1. The van der Waals surface area contributed by atoms with Crippen LogP contribution in [-0.4, -0.2) is 73.6 Å². The van der Waals surface area contributed by atoms with Crippen LogP contribution in [0.3, 0.4) is 0 Å². The van der Waals surface area contributed by atoms with E-state index >= 15 is 0 Å². The van der Waals surface area contributed by atoms with E-state index in [1.54, 1.807) is 13.3 Å². The molecule has 6 rings (SSSR count). The van der Waals surface area contributed by atoms with Crippen LogP contribution >= 0.6 is 11.3 Å². The predicted molar refractivity (Wildman–Crippen MR) is 142 cm³/mol. The minimum Gasteiger partial charge on any atom is -0.490 e. The fourth-order valence-electron chi connectivity index (χ4n) is 5.49. The summed E-state index contributed by atoms with van der Waals surface area (Å²) in [5, 5.41) is 3.57. The van der Waals surface area contributed by atoms with E-state index in [1.807, 2.05) is 29.2 Å². The van der Waals surface area contributed by atoms with E-state index in [1.165, 1.54) is 11.3 Å². The molecule has 9 nitrogen and oxygen atoms in total. The largest absolute Gasteiger partial charge is 0.490 e. The monoisotopic (exact) mass is 524 g/mol. The van der Waals surface area contributed by atoms with E-state index in [4.69, 9.17) is 23.9 Å². The van der Waals surface area contributed by atoms with Crippen molar-refractivity contribution < 1.29 is 23.7 Å². The number of fused-ring (bicyclic) bond motifs is 1. The molecule has 3 aliphatic rings. The average Bonchev–Trinajstić information content (AvgIpc) is 3.54. The Kier molecular flexibility index (Phi) is 6.88. The molecule has 3 aromatic rings. The van der Waals surface area contributed by atoms with Crippen molar-refractivity contribution in [2.45, 2.75) is 38.2 Å². The fourth-order valence-corrected chi connectivity index (χ4v) is 6.47. The molecule has 2 aromatic heterocycles. The second kappa shape index (κ2) is 10.4. The molecule has 2 amide bonds. The minimum absolute atomic E-state index is 0.106. The number of carbonyl (C=O) groups excluding carboxylic acids is 1. The highest BCUT2D eigenvalue weighted by atomic mass is 32.1. The highest BCUT2D eigenvalue weighted by Crippen LogP contribution is 2.41. The quantitative estimate of drug-likeness (QED) is 0.504. The van der Waals surface area contributed by atoms with Gasteiger partial charge in [-0.3, -0.25) is 5.32 Å². The summed E-state index contributed by atoms with van der Waals surface area (Å²) in [4.78, 5) is 24.2. The molecule has 37 heavy (non-hydrogen) atoms. The van der Waals surface area contributed by atoms with Crippen molar-refractivity contribution >= 4 is 32.7 Å². The molecule has 0 aliphatic carbocycles. The molecule has 10 heteroatoms. The molecule has 0 atom stereocenters. The third-order valence-corrected chi connectivity index (χ3v) is 8.71. The maximum absolute atomic E-state index is 13.1. The number of ether oxygens (including phenoxy) is 4.